The number of hydrogen-bond donors (Lipinski definition) is 1. The maximum Gasteiger partial charge on any atom is 0.148 e. The zero-order chi connectivity index (χ0) is 11.9. The van der Waals surface area contributed by atoms with Gasteiger partial charge in [-0.3, -0.25) is 0 Å². The highest BCUT2D eigenvalue weighted by Crippen LogP contribution is 2.14. The van der Waals surface area contributed by atoms with E-state index < -0.39 is 0 Å². The molecule has 2 rings (SSSR count). The fourth-order valence-electron chi connectivity index (χ4n) is 2.11. The quantitative estimate of drug-likeness (QED) is 0.826. The highest BCUT2D eigenvalue weighted by molar-refractivity contribution is 5.32. The molecule has 0 amide bonds. The highest BCUT2D eigenvalue weighted by atomic mass is 16.5. The van der Waals surface area contributed by atoms with E-state index in [-0.39, 0.29) is 0 Å². The third-order valence-corrected chi connectivity index (χ3v) is 3.12. The molecule has 1 aromatic rings. The van der Waals surface area contributed by atoms with Crippen molar-refractivity contribution in [2.75, 3.05) is 38.7 Å². The Balaban J connectivity index is 1.72. The number of piperidine rings is 1. The van der Waals surface area contributed by atoms with Gasteiger partial charge in [-0.25, -0.2) is 0 Å². The molecule has 0 bridgehead atoms. The number of rotatable bonds is 5. The predicted molar refractivity (Wildman–Crippen MR) is 67.0 cm³/mol. The monoisotopic (exact) mass is 236 g/mol. The van der Waals surface area contributed by atoms with Crippen LogP contribution in [0.25, 0.3) is 0 Å². The van der Waals surface area contributed by atoms with Crippen LogP contribution in [-0.2, 0) is 4.74 Å². The molecule has 5 heteroatoms. The third-order valence-electron chi connectivity index (χ3n) is 3.12. The van der Waals surface area contributed by atoms with E-state index in [1.54, 1.807) is 13.3 Å². The molecule has 0 atom stereocenters. The molecule has 1 aliphatic heterocycles. The van der Waals surface area contributed by atoms with Crippen LogP contribution in [0.3, 0.4) is 0 Å². The van der Waals surface area contributed by atoms with E-state index in [2.05, 4.69) is 20.4 Å². The zero-order valence-electron chi connectivity index (χ0n) is 10.3. The van der Waals surface area contributed by atoms with Crippen molar-refractivity contribution < 1.29 is 4.74 Å². The highest BCUT2D eigenvalue weighted by Gasteiger charge is 2.18. The fourth-order valence-corrected chi connectivity index (χ4v) is 2.11. The molecule has 1 N–H and O–H groups in total. The number of aromatic nitrogens is 2. The van der Waals surface area contributed by atoms with Gasteiger partial charge in [-0.1, -0.05) is 0 Å². The summed E-state index contributed by atoms with van der Waals surface area (Å²) in [6, 6.07) is 4.39. The van der Waals surface area contributed by atoms with Crippen LogP contribution in [0.15, 0.2) is 18.3 Å². The Morgan fingerprint density at radius 3 is 2.94 bits per heavy atom. The Labute approximate surface area is 102 Å². The first-order chi connectivity index (χ1) is 8.38. The molecule has 1 saturated heterocycles. The predicted octanol–water partition coefficient (Wildman–Crippen LogP) is 0.999. The summed E-state index contributed by atoms with van der Waals surface area (Å²) in [7, 11) is 1.75. The van der Waals surface area contributed by atoms with Crippen molar-refractivity contribution in [1.29, 1.82) is 0 Å². The second kappa shape index (κ2) is 6.51. The molecule has 94 valence electrons. The fraction of sp³-hybridized carbons (Fsp3) is 0.667. The van der Waals surface area contributed by atoms with Crippen LogP contribution in [0.1, 0.15) is 12.8 Å². The van der Waals surface area contributed by atoms with Crippen LogP contribution in [0, 0.1) is 0 Å². The molecule has 1 fully saturated rings. The van der Waals surface area contributed by atoms with Gasteiger partial charge in [-0.15, -0.1) is 5.10 Å². The van der Waals surface area contributed by atoms with E-state index in [1.165, 1.54) is 0 Å². The summed E-state index contributed by atoms with van der Waals surface area (Å²) in [5.74, 6) is 0.878. The number of methoxy groups -OCH3 is 1. The molecule has 17 heavy (non-hydrogen) atoms. The van der Waals surface area contributed by atoms with Gasteiger partial charge < -0.3 is 15.0 Å². The van der Waals surface area contributed by atoms with Crippen LogP contribution in [0.4, 0.5) is 5.82 Å². The summed E-state index contributed by atoms with van der Waals surface area (Å²) < 4.78 is 5.09. The minimum atomic E-state index is 0.519. The smallest absolute Gasteiger partial charge is 0.148 e. The average Bonchev–Trinajstić information content (AvgIpc) is 2.39. The van der Waals surface area contributed by atoms with Gasteiger partial charge in [-0.05, 0) is 25.0 Å². The Bertz CT molecular complexity index is 312. The van der Waals surface area contributed by atoms with Gasteiger partial charge in [0.05, 0.1) is 6.61 Å². The van der Waals surface area contributed by atoms with Crippen LogP contribution in [0.5, 0.6) is 0 Å². The summed E-state index contributed by atoms with van der Waals surface area (Å²) in [6.07, 6.45) is 4.00. The first kappa shape index (κ1) is 12.3. The molecule has 5 nitrogen and oxygen atoms in total. The lowest BCUT2D eigenvalue weighted by Gasteiger charge is -2.32. The summed E-state index contributed by atoms with van der Waals surface area (Å²) in [5.41, 5.74) is 0. The largest absolute Gasteiger partial charge is 0.383 e. The molecule has 2 heterocycles. The van der Waals surface area contributed by atoms with Crippen molar-refractivity contribution in [2.24, 2.45) is 0 Å². The molecule has 1 aromatic heterocycles. The van der Waals surface area contributed by atoms with E-state index in [0.717, 1.165) is 44.9 Å². The summed E-state index contributed by atoms with van der Waals surface area (Å²) in [4.78, 5) is 2.44. The third kappa shape index (κ3) is 3.94. The number of ether oxygens (including phenoxy) is 1. The zero-order valence-corrected chi connectivity index (χ0v) is 10.3. The molecule has 0 saturated carbocycles. The molecular formula is C12H20N4O. The van der Waals surface area contributed by atoms with Gasteiger partial charge in [0.15, 0.2) is 0 Å². The number of hydrogen-bond acceptors (Lipinski definition) is 5. The minimum absolute atomic E-state index is 0.519. The lowest BCUT2D eigenvalue weighted by atomic mass is 10.1. The standard InChI is InChI=1S/C12H20N4O/c1-17-10-9-16-7-4-11(5-8-16)14-12-3-2-6-13-15-12/h2-3,6,11H,4-5,7-10H2,1H3,(H,14,15). The summed E-state index contributed by atoms with van der Waals surface area (Å²) >= 11 is 0. The minimum Gasteiger partial charge on any atom is -0.383 e. The van der Waals surface area contributed by atoms with Crippen molar-refractivity contribution in [2.45, 2.75) is 18.9 Å². The second-order valence-electron chi connectivity index (χ2n) is 4.36. The van der Waals surface area contributed by atoms with E-state index in [0.29, 0.717) is 6.04 Å². The molecule has 0 aromatic carbocycles. The van der Waals surface area contributed by atoms with E-state index in [9.17, 15) is 0 Å². The van der Waals surface area contributed by atoms with Gasteiger partial charge in [0.1, 0.15) is 5.82 Å². The van der Waals surface area contributed by atoms with Crippen LogP contribution in [-0.4, -0.2) is 54.5 Å². The molecule has 0 radical (unpaired) electrons. The maximum atomic E-state index is 5.09. The number of nitrogens with one attached hydrogen (secondary N) is 1. The van der Waals surface area contributed by atoms with Crippen LogP contribution < -0.4 is 5.32 Å². The Hall–Kier alpha value is -1.20. The van der Waals surface area contributed by atoms with E-state index in [1.807, 2.05) is 12.1 Å². The topological polar surface area (TPSA) is 50.3 Å². The van der Waals surface area contributed by atoms with E-state index in [4.69, 9.17) is 4.74 Å². The Morgan fingerprint density at radius 1 is 1.47 bits per heavy atom. The first-order valence-corrected chi connectivity index (χ1v) is 6.14. The molecule has 1 aliphatic rings. The molecular weight excluding hydrogens is 216 g/mol. The average molecular weight is 236 g/mol. The summed E-state index contributed by atoms with van der Waals surface area (Å²) in [5, 5.41) is 11.3. The molecule has 0 aliphatic carbocycles. The number of likely N-dealkylation sites (tertiary alicyclic amines) is 1. The van der Waals surface area contributed by atoms with Crippen molar-refractivity contribution in [3.05, 3.63) is 18.3 Å². The molecule has 0 unspecified atom stereocenters. The van der Waals surface area contributed by atoms with E-state index >= 15 is 0 Å². The van der Waals surface area contributed by atoms with Gasteiger partial charge in [0, 0.05) is 39.0 Å². The number of nitrogens with zero attached hydrogens (tertiary/aromatic N) is 3. The normalized spacial score (nSPS) is 18.2. The SMILES string of the molecule is COCCN1CCC(Nc2cccnn2)CC1. The second-order valence-corrected chi connectivity index (χ2v) is 4.36. The van der Waals surface area contributed by atoms with Crippen molar-refractivity contribution in [1.82, 2.24) is 15.1 Å². The lowest BCUT2D eigenvalue weighted by Crippen LogP contribution is -2.40. The van der Waals surface area contributed by atoms with Crippen LogP contribution in [0.2, 0.25) is 0 Å². The van der Waals surface area contributed by atoms with Gasteiger partial charge in [-0.2, -0.15) is 5.10 Å². The Kier molecular flexibility index (Phi) is 4.70. The van der Waals surface area contributed by atoms with Crippen LogP contribution >= 0.6 is 0 Å². The number of anilines is 1. The molecule has 0 spiro atoms. The van der Waals surface area contributed by atoms with Gasteiger partial charge in [0.2, 0.25) is 0 Å². The Morgan fingerprint density at radius 2 is 2.29 bits per heavy atom. The van der Waals surface area contributed by atoms with Crippen molar-refractivity contribution in [3.63, 3.8) is 0 Å². The lowest BCUT2D eigenvalue weighted by molar-refractivity contribution is 0.132. The maximum absolute atomic E-state index is 5.09. The summed E-state index contributed by atoms with van der Waals surface area (Å²) in [6.45, 7) is 4.11. The van der Waals surface area contributed by atoms with Crippen molar-refractivity contribution >= 4 is 5.82 Å². The van der Waals surface area contributed by atoms with Gasteiger partial charge >= 0.3 is 0 Å². The van der Waals surface area contributed by atoms with Gasteiger partial charge in [0.25, 0.3) is 0 Å². The first-order valence-electron chi connectivity index (χ1n) is 6.14. The van der Waals surface area contributed by atoms with Crippen molar-refractivity contribution in [3.8, 4) is 0 Å².